The van der Waals surface area contributed by atoms with Crippen LogP contribution in [0.3, 0.4) is 0 Å². The maximum Gasteiger partial charge on any atom is 0.231 e. The van der Waals surface area contributed by atoms with Crippen molar-refractivity contribution < 1.29 is 9.63 Å². The summed E-state index contributed by atoms with van der Waals surface area (Å²) in [4.78, 5) is 4.15. The number of aromatic nitrogens is 2. The van der Waals surface area contributed by atoms with Crippen LogP contribution in [-0.4, -0.2) is 15.2 Å². The smallest absolute Gasteiger partial charge is 0.231 e. The molecule has 2 aromatic rings. The van der Waals surface area contributed by atoms with Crippen molar-refractivity contribution >= 4 is 0 Å². The highest BCUT2D eigenvalue weighted by Crippen LogP contribution is 2.14. The molecule has 0 aliphatic heterocycles. The first-order valence-electron chi connectivity index (χ1n) is 5.34. The number of aliphatic hydroxyl groups excluding tert-OH is 1. The van der Waals surface area contributed by atoms with Crippen molar-refractivity contribution in [3.63, 3.8) is 0 Å². The Morgan fingerprint density at radius 3 is 2.75 bits per heavy atom. The first kappa shape index (κ1) is 10.8. The molecule has 84 valence electrons. The molecule has 16 heavy (non-hydrogen) atoms. The highest BCUT2D eigenvalue weighted by Gasteiger charge is 2.13. The number of hydrogen-bond acceptors (Lipinski definition) is 4. The molecule has 0 aliphatic rings. The number of benzene rings is 1. The summed E-state index contributed by atoms with van der Waals surface area (Å²) in [6, 6.07) is 9.89. The van der Waals surface area contributed by atoms with Gasteiger partial charge in [-0.15, -0.1) is 0 Å². The average molecular weight is 218 g/mol. The Morgan fingerprint density at radius 1 is 1.31 bits per heavy atom. The van der Waals surface area contributed by atoms with Gasteiger partial charge in [0.2, 0.25) is 5.89 Å². The number of nitrogens with zero attached hydrogens (tertiary/aromatic N) is 2. The van der Waals surface area contributed by atoms with Crippen molar-refractivity contribution in [1.82, 2.24) is 10.1 Å². The quantitative estimate of drug-likeness (QED) is 0.853. The third-order valence-electron chi connectivity index (χ3n) is 2.37. The van der Waals surface area contributed by atoms with Crippen molar-refractivity contribution in [2.45, 2.75) is 25.9 Å². The summed E-state index contributed by atoms with van der Waals surface area (Å²) >= 11 is 0. The van der Waals surface area contributed by atoms with Gasteiger partial charge in [-0.1, -0.05) is 42.4 Å². The van der Waals surface area contributed by atoms with Gasteiger partial charge in [0.1, 0.15) is 6.10 Å². The minimum atomic E-state index is -0.631. The van der Waals surface area contributed by atoms with E-state index in [1.54, 1.807) is 0 Å². The third kappa shape index (κ3) is 2.46. The molecule has 0 aliphatic carbocycles. The van der Waals surface area contributed by atoms with Gasteiger partial charge in [-0.05, 0) is 12.0 Å². The van der Waals surface area contributed by atoms with Crippen molar-refractivity contribution in [1.29, 1.82) is 0 Å². The molecule has 0 fully saturated rings. The summed E-state index contributed by atoms with van der Waals surface area (Å²) in [6.45, 7) is 1.87. The molecule has 0 radical (unpaired) electrons. The number of hydrogen-bond donors (Lipinski definition) is 1. The minimum Gasteiger partial charge on any atom is -0.385 e. The Hall–Kier alpha value is -1.68. The Kier molecular flexibility index (Phi) is 3.31. The fourth-order valence-corrected chi connectivity index (χ4v) is 1.43. The Bertz CT molecular complexity index is 439. The molecule has 0 saturated carbocycles. The van der Waals surface area contributed by atoms with Crippen LogP contribution in [0, 0.1) is 0 Å². The normalized spacial score (nSPS) is 12.6. The van der Waals surface area contributed by atoms with Crippen LogP contribution >= 0.6 is 0 Å². The van der Waals surface area contributed by atoms with Gasteiger partial charge in [-0.25, -0.2) is 0 Å². The Balaban J connectivity index is 2.09. The highest BCUT2D eigenvalue weighted by atomic mass is 16.5. The molecule has 0 amide bonds. The lowest BCUT2D eigenvalue weighted by atomic mass is 10.1. The maximum absolute atomic E-state index is 9.52. The number of aliphatic hydroxyl groups is 1. The predicted octanol–water partition coefficient (Wildman–Crippen LogP) is 2.10. The second-order valence-electron chi connectivity index (χ2n) is 3.63. The summed E-state index contributed by atoms with van der Waals surface area (Å²) in [5, 5.41) is 13.3. The van der Waals surface area contributed by atoms with E-state index < -0.39 is 6.10 Å². The second kappa shape index (κ2) is 4.90. The van der Waals surface area contributed by atoms with Crippen LogP contribution in [0.15, 0.2) is 34.9 Å². The van der Waals surface area contributed by atoms with Gasteiger partial charge in [0.05, 0.1) is 6.42 Å². The van der Waals surface area contributed by atoms with E-state index >= 15 is 0 Å². The summed E-state index contributed by atoms with van der Waals surface area (Å²) in [5.74, 6) is 0.905. The van der Waals surface area contributed by atoms with Gasteiger partial charge in [-0.3, -0.25) is 0 Å². The Labute approximate surface area is 93.9 Å². The average Bonchev–Trinajstić information content (AvgIpc) is 2.78. The topological polar surface area (TPSA) is 59.2 Å². The van der Waals surface area contributed by atoms with Crippen molar-refractivity contribution in [3.8, 4) is 0 Å². The van der Waals surface area contributed by atoms with E-state index in [0.29, 0.717) is 24.6 Å². The third-order valence-corrected chi connectivity index (χ3v) is 2.37. The van der Waals surface area contributed by atoms with Gasteiger partial charge >= 0.3 is 0 Å². The van der Waals surface area contributed by atoms with Crippen molar-refractivity contribution in [3.05, 3.63) is 47.6 Å². The van der Waals surface area contributed by atoms with Crippen LogP contribution in [-0.2, 0) is 6.42 Å². The Morgan fingerprint density at radius 2 is 2.06 bits per heavy atom. The summed E-state index contributed by atoms with van der Waals surface area (Å²) in [7, 11) is 0. The standard InChI is InChI=1S/C12H14N2O2/c1-2-10(15)12-13-11(16-14-12)8-9-6-4-3-5-7-9/h3-7,10,15H,2,8H2,1H3. The van der Waals surface area contributed by atoms with Gasteiger partial charge < -0.3 is 9.63 Å². The van der Waals surface area contributed by atoms with E-state index in [0.717, 1.165) is 5.56 Å². The van der Waals surface area contributed by atoms with Crippen LogP contribution in [0.1, 0.15) is 36.7 Å². The lowest BCUT2D eigenvalue weighted by Gasteiger charge is -1.98. The molecule has 1 aromatic carbocycles. The molecule has 0 saturated heterocycles. The molecular weight excluding hydrogens is 204 g/mol. The highest BCUT2D eigenvalue weighted by molar-refractivity contribution is 5.17. The molecule has 0 spiro atoms. The van der Waals surface area contributed by atoms with E-state index in [4.69, 9.17) is 4.52 Å². The fourth-order valence-electron chi connectivity index (χ4n) is 1.43. The van der Waals surface area contributed by atoms with Crippen LogP contribution in [0.25, 0.3) is 0 Å². The monoisotopic (exact) mass is 218 g/mol. The van der Waals surface area contributed by atoms with E-state index in [2.05, 4.69) is 10.1 Å². The first-order valence-corrected chi connectivity index (χ1v) is 5.34. The van der Waals surface area contributed by atoms with E-state index in [1.807, 2.05) is 37.3 Å². The zero-order chi connectivity index (χ0) is 11.4. The van der Waals surface area contributed by atoms with Crippen LogP contribution in [0.2, 0.25) is 0 Å². The minimum absolute atomic E-state index is 0.369. The van der Waals surface area contributed by atoms with Gasteiger partial charge in [0.25, 0.3) is 0 Å². The molecule has 1 atom stereocenters. The molecule has 1 N–H and O–H groups in total. The van der Waals surface area contributed by atoms with E-state index in [-0.39, 0.29) is 0 Å². The predicted molar refractivity (Wildman–Crippen MR) is 58.8 cm³/mol. The number of rotatable bonds is 4. The van der Waals surface area contributed by atoms with Crippen LogP contribution in [0.4, 0.5) is 0 Å². The van der Waals surface area contributed by atoms with E-state index in [1.165, 1.54) is 0 Å². The molecular formula is C12H14N2O2. The second-order valence-corrected chi connectivity index (χ2v) is 3.63. The lowest BCUT2D eigenvalue weighted by molar-refractivity contribution is 0.159. The van der Waals surface area contributed by atoms with Gasteiger partial charge in [0.15, 0.2) is 5.82 Å². The maximum atomic E-state index is 9.52. The molecule has 4 heteroatoms. The molecule has 1 heterocycles. The zero-order valence-corrected chi connectivity index (χ0v) is 9.13. The molecule has 1 aromatic heterocycles. The molecule has 0 bridgehead atoms. The largest absolute Gasteiger partial charge is 0.385 e. The van der Waals surface area contributed by atoms with Gasteiger partial charge in [-0.2, -0.15) is 4.98 Å². The summed E-state index contributed by atoms with van der Waals surface area (Å²) in [5.41, 5.74) is 1.11. The van der Waals surface area contributed by atoms with Gasteiger partial charge in [0, 0.05) is 0 Å². The lowest BCUT2D eigenvalue weighted by Crippen LogP contribution is -1.98. The summed E-state index contributed by atoms with van der Waals surface area (Å²) < 4.78 is 5.07. The van der Waals surface area contributed by atoms with Crippen molar-refractivity contribution in [2.24, 2.45) is 0 Å². The molecule has 1 unspecified atom stereocenters. The zero-order valence-electron chi connectivity index (χ0n) is 9.13. The fraction of sp³-hybridized carbons (Fsp3) is 0.333. The summed E-state index contributed by atoms with van der Waals surface area (Å²) in [6.07, 6.45) is 0.558. The molecule has 4 nitrogen and oxygen atoms in total. The van der Waals surface area contributed by atoms with Crippen molar-refractivity contribution in [2.75, 3.05) is 0 Å². The SMILES string of the molecule is CCC(O)c1noc(Cc2ccccc2)n1. The van der Waals surface area contributed by atoms with Crippen LogP contribution < -0.4 is 0 Å². The van der Waals surface area contributed by atoms with E-state index in [9.17, 15) is 5.11 Å². The van der Waals surface area contributed by atoms with Crippen LogP contribution in [0.5, 0.6) is 0 Å². The first-order chi connectivity index (χ1) is 7.79. The molecule has 2 rings (SSSR count).